The first-order valence-electron chi connectivity index (χ1n) is 15.7. The predicted octanol–water partition coefficient (Wildman–Crippen LogP) is 3.64. The van der Waals surface area contributed by atoms with Gasteiger partial charge in [0.05, 0.1) is 18.1 Å². The van der Waals surface area contributed by atoms with Crippen molar-refractivity contribution in [1.82, 2.24) is 19.1 Å². The summed E-state index contributed by atoms with van der Waals surface area (Å²) in [6, 6.07) is 5.84. The summed E-state index contributed by atoms with van der Waals surface area (Å²) < 4.78 is 8.84. The van der Waals surface area contributed by atoms with Gasteiger partial charge in [0, 0.05) is 36.1 Å². The number of primary amides is 2. The molecule has 6 rings (SSSR count). The van der Waals surface area contributed by atoms with Crippen LogP contribution in [0.15, 0.2) is 36.4 Å². The van der Waals surface area contributed by atoms with Gasteiger partial charge in [0.15, 0.2) is 0 Å². The number of ether oxygens (including phenoxy) is 1. The molecule has 47 heavy (non-hydrogen) atoms. The molecule has 14 heteroatoms. The van der Waals surface area contributed by atoms with Gasteiger partial charge in [0.1, 0.15) is 28.8 Å². The number of aldehydes is 1. The number of methoxy groups -OCH3 is 1. The molecule has 2 aliphatic carbocycles. The third kappa shape index (κ3) is 7.21. The van der Waals surface area contributed by atoms with E-state index in [9.17, 15) is 24.3 Å². The maximum absolute atomic E-state index is 12.9. The van der Waals surface area contributed by atoms with E-state index < -0.39 is 11.8 Å². The van der Waals surface area contributed by atoms with Crippen molar-refractivity contribution >= 4 is 58.0 Å². The number of carbonyl (C=O) groups is 4. The van der Waals surface area contributed by atoms with E-state index in [2.05, 4.69) is 15.3 Å². The molecule has 0 aliphatic heterocycles. The highest BCUT2D eigenvalue weighted by molar-refractivity contribution is 6.00. The van der Waals surface area contributed by atoms with Gasteiger partial charge in [-0.1, -0.05) is 37.8 Å². The minimum atomic E-state index is -0.702. The quantitative estimate of drug-likeness (QED) is 0.125. The maximum Gasteiger partial charge on any atom is 0.248 e. The zero-order chi connectivity index (χ0) is 33.7. The first-order valence-corrected chi connectivity index (χ1v) is 15.7. The number of benzene rings is 2. The van der Waals surface area contributed by atoms with Crippen LogP contribution in [0.3, 0.4) is 0 Å². The number of hydrogen-bond acceptors (Lipinski definition) is 9. The number of aromatic hydroxyl groups is 1. The number of aromatic nitrogens is 4. The van der Waals surface area contributed by atoms with Gasteiger partial charge < -0.3 is 41.0 Å². The smallest absolute Gasteiger partial charge is 0.248 e. The van der Waals surface area contributed by atoms with Gasteiger partial charge in [-0.15, -0.1) is 0 Å². The Balaban J connectivity index is 0.000000549. The zero-order valence-corrected chi connectivity index (χ0v) is 26.3. The van der Waals surface area contributed by atoms with Crippen LogP contribution < -0.4 is 27.3 Å². The Morgan fingerprint density at radius 2 is 1.47 bits per heavy atom. The summed E-state index contributed by atoms with van der Waals surface area (Å²) in [4.78, 5) is 55.1. The van der Waals surface area contributed by atoms with Crippen molar-refractivity contribution in [3.8, 4) is 11.5 Å². The number of phenolic OH excluding ortho intramolecular Hbond substituents is 1. The molecule has 0 atom stereocenters. The van der Waals surface area contributed by atoms with Crippen molar-refractivity contribution in [2.75, 3.05) is 18.2 Å². The number of anilines is 2. The van der Waals surface area contributed by atoms with Crippen LogP contribution in [0.25, 0.3) is 22.1 Å². The molecule has 0 bridgehead atoms. The lowest BCUT2D eigenvalue weighted by Crippen LogP contribution is -2.22. The summed E-state index contributed by atoms with van der Waals surface area (Å²) in [7, 11) is 1.48. The Morgan fingerprint density at radius 1 is 0.894 bits per heavy atom. The lowest BCUT2D eigenvalue weighted by Gasteiger charge is -2.12. The van der Waals surface area contributed by atoms with Crippen LogP contribution in [0.1, 0.15) is 72.1 Å². The molecular formula is C33H40N8O6. The number of rotatable bonds is 10. The van der Waals surface area contributed by atoms with Crippen LogP contribution >= 0.6 is 0 Å². The maximum atomic E-state index is 12.9. The number of nitrogen functional groups attached to an aromatic ring is 1. The molecule has 2 aromatic carbocycles. The van der Waals surface area contributed by atoms with Crippen LogP contribution in [0.5, 0.6) is 11.5 Å². The van der Waals surface area contributed by atoms with E-state index in [1.165, 1.54) is 38.2 Å². The van der Waals surface area contributed by atoms with Crippen molar-refractivity contribution in [3.63, 3.8) is 0 Å². The molecule has 8 N–H and O–H groups in total. The molecule has 0 saturated heterocycles. The number of carbonyl (C=O) groups excluding carboxylic acids is 4. The minimum Gasteiger partial charge on any atom is -0.506 e. The molecule has 248 valence electrons. The topological polar surface area (TPSA) is 223 Å². The lowest BCUT2D eigenvalue weighted by molar-refractivity contribution is -0.119. The van der Waals surface area contributed by atoms with Crippen molar-refractivity contribution in [3.05, 3.63) is 47.5 Å². The van der Waals surface area contributed by atoms with Crippen LogP contribution in [0.2, 0.25) is 0 Å². The number of fused-ring (bicyclic) bond motifs is 2. The SMILES string of the molecule is COc1cc(C(N)=O)cc2nc(N)n(C/C=C/Cn3c(NC(=O)C4CCCC4)nc4cc(C(N)=O)cc(O)c43)c12.O=CC1CCCC1. The fourth-order valence-electron chi connectivity index (χ4n) is 6.25. The molecule has 0 unspecified atom stereocenters. The number of imidazole rings is 2. The van der Waals surface area contributed by atoms with E-state index in [1.807, 2.05) is 12.2 Å². The first kappa shape index (κ1) is 33.0. The molecule has 2 saturated carbocycles. The fraction of sp³-hybridized carbons (Fsp3) is 0.394. The summed E-state index contributed by atoms with van der Waals surface area (Å²) >= 11 is 0. The van der Waals surface area contributed by atoms with Crippen molar-refractivity contribution in [2.45, 2.75) is 64.5 Å². The van der Waals surface area contributed by atoms with Gasteiger partial charge >= 0.3 is 0 Å². The summed E-state index contributed by atoms with van der Waals surface area (Å²) in [5.41, 5.74) is 19.1. The number of amides is 3. The van der Waals surface area contributed by atoms with Gasteiger partial charge in [-0.25, -0.2) is 9.97 Å². The highest BCUT2D eigenvalue weighted by Crippen LogP contribution is 2.32. The molecule has 4 aromatic rings. The van der Waals surface area contributed by atoms with Gasteiger partial charge in [0.25, 0.3) is 0 Å². The molecule has 2 heterocycles. The average molecular weight is 645 g/mol. The molecular weight excluding hydrogens is 604 g/mol. The van der Waals surface area contributed by atoms with E-state index in [4.69, 9.17) is 21.9 Å². The second kappa shape index (κ2) is 14.4. The number of hydrogen-bond donors (Lipinski definition) is 5. The molecule has 3 amide bonds. The van der Waals surface area contributed by atoms with E-state index >= 15 is 0 Å². The van der Waals surface area contributed by atoms with Crippen molar-refractivity contribution < 1.29 is 29.0 Å². The monoisotopic (exact) mass is 644 g/mol. The van der Waals surface area contributed by atoms with Gasteiger partial charge in [-0.3, -0.25) is 19.7 Å². The molecule has 14 nitrogen and oxygen atoms in total. The standard InChI is InChI=1S/C27H30N8O5.C6H10O/c1-40-20-13-16(24(29)38)11-18-22(20)34(26(30)31-18)8-4-5-9-35-21-17(10-15(23(28)37)12-19(21)36)32-27(35)33-25(39)14-6-2-3-7-14;7-5-6-3-1-2-4-6/h4-5,10-14,36H,2-3,6-9H2,1H3,(H2,28,37)(H2,29,38)(H2,30,31)(H,32,33,39);5-6H,1-4H2/b5-4+;. The number of phenols is 1. The largest absolute Gasteiger partial charge is 0.506 e. The summed E-state index contributed by atoms with van der Waals surface area (Å²) in [5, 5.41) is 13.6. The van der Waals surface area contributed by atoms with Crippen LogP contribution in [-0.2, 0) is 22.7 Å². The lowest BCUT2D eigenvalue weighted by atomic mass is 10.1. The van der Waals surface area contributed by atoms with Crippen molar-refractivity contribution in [2.24, 2.45) is 23.3 Å². The molecule has 0 spiro atoms. The fourth-order valence-corrected chi connectivity index (χ4v) is 6.25. The second-order valence-electron chi connectivity index (χ2n) is 11.9. The molecule has 2 aliphatic rings. The normalized spacial score (nSPS) is 15.3. The highest BCUT2D eigenvalue weighted by atomic mass is 16.5. The van der Waals surface area contributed by atoms with E-state index in [0.717, 1.165) is 44.8 Å². The van der Waals surface area contributed by atoms with Crippen LogP contribution in [0.4, 0.5) is 11.9 Å². The highest BCUT2D eigenvalue weighted by Gasteiger charge is 2.25. The predicted molar refractivity (Wildman–Crippen MR) is 177 cm³/mol. The van der Waals surface area contributed by atoms with Gasteiger partial charge in [0.2, 0.25) is 29.6 Å². The van der Waals surface area contributed by atoms with E-state index in [1.54, 1.807) is 15.2 Å². The summed E-state index contributed by atoms with van der Waals surface area (Å²) in [6.07, 6.45) is 13.2. The van der Waals surface area contributed by atoms with Gasteiger partial charge in [-0.2, -0.15) is 0 Å². The third-order valence-electron chi connectivity index (χ3n) is 8.74. The number of nitrogens with one attached hydrogen (secondary N) is 1. The Hall–Kier alpha value is -5.40. The average Bonchev–Trinajstić information content (AvgIpc) is 3.86. The zero-order valence-electron chi connectivity index (χ0n) is 26.3. The molecule has 2 fully saturated rings. The van der Waals surface area contributed by atoms with Crippen LogP contribution in [0, 0.1) is 11.8 Å². The van der Waals surface area contributed by atoms with Gasteiger partial charge in [-0.05, 0) is 49.9 Å². The number of nitrogens with two attached hydrogens (primary N) is 3. The van der Waals surface area contributed by atoms with E-state index in [-0.39, 0.29) is 47.1 Å². The minimum absolute atomic E-state index is 0.0962. The Kier molecular flexibility index (Phi) is 10.1. The summed E-state index contributed by atoms with van der Waals surface area (Å²) in [5.74, 6) is -0.441. The Bertz CT molecular complexity index is 1850. The van der Waals surface area contributed by atoms with Crippen LogP contribution in [-0.4, -0.2) is 55.3 Å². The second-order valence-corrected chi connectivity index (χ2v) is 11.9. The number of nitrogens with zero attached hydrogens (tertiary/aromatic N) is 4. The number of allylic oxidation sites excluding steroid dienone is 2. The first-order chi connectivity index (χ1) is 22.6. The summed E-state index contributed by atoms with van der Waals surface area (Å²) in [6.45, 7) is 0.540. The molecule has 0 radical (unpaired) electrons. The Morgan fingerprint density at radius 3 is 2.04 bits per heavy atom. The molecule has 2 aromatic heterocycles. The Labute approximate surface area is 270 Å². The van der Waals surface area contributed by atoms with Crippen molar-refractivity contribution in [1.29, 1.82) is 0 Å². The van der Waals surface area contributed by atoms with E-state index in [0.29, 0.717) is 40.3 Å². The third-order valence-corrected chi connectivity index (χ3v) is 8.74.